The molecule has 1 heterocycles. The molecule has 0 unspecified atom stereocenters. The van der Waals surface area contributed by atoms with E-state index >= 15 is 0 Å². The van der Waals surface area contributed by atoms with Crippen LogP contribution in [0, 0.1) is 6.92 Å². The number of benzene rings is 2. The van der Waals surface area contributed by atoms with E-state index in [1.807, 2.05) is 31.2 Å². The third-order valence-corrected chi connectivity index (χ3v) is 7.64. The Morgan fingerprint density at radius 3 is 2.39 bits per heavy atom. The molecule has 10 heteroatoms. The fraction of sp³-hybridized carbons (Fsp3) is 0.286. The lowest BCUT2D eigenvalue weighted by Crippen LogP contribution is -2.29. The van der Waals surface area contributed by atoms with E-state index in [1.165, 1.54) is 21.9 Å². The molecular weight excluding hydrogens is 452 g/mol. The zero-order chi connectivity index (χ0) is 22.4. The average Bonchev–Trinajstić information content (AvgIpc) is 3.18. The highest BCUT2D eigenvalue weighted by Gasteiger charge is 2.19. The Balaban J connectivity index is 1.72. The third kappa shape index (κ3) is 6.52. The van der Waals surface area contributed by atoms with Gasteiger partial charge in [0.25, 0.3) is 5.91 Å². The summed E-state index contributed by atoms with van der Waals surface area (Å²) in [4.78, 5) is 12.5. The summed E-state index contributed by atoms with van der Waals surface area (Å²) in [6, 6.07) is 14.2. The molecule has 1 aromatic heterocycles. The maximum absolute atomic E-state index is 12.5. The van der Waals surface area contributed by atoms with Gasteiger partial charge in [-0.1, -0.05) is 59.9 Å². The molecule has 3 rings (SSSR count). The van der Waals surface area contributed by atoms with Crippen molar-refractivity contribution in [1.82, 2.24) is 10.2 Å². The lowest BCUT2D eigenvalue weighted by Gasteiger charge is -2.23. The zero-order valence-electron chi connectivity index (χ0n) is 17.5. The minimum Gasteiger partial charge on any atom is -0.296 e. The van der Waals surface area contributed by atoms with Crippen molar-refractivity contribution < 1.29 is 13.2 Å². The Hall–Kier alpha value is -2.43. The van der Waals surface area contributed by atoms with Gasteiger partial charge in [-0.3, -0.25) is 14.4 Å². The average molecular weight is 477 g/mol. The van der Waals surface area contributed by atoms with Crippen molar-refractivity contribution in [3.63, 3.8) is 0 Å². The minimum atomic E-state index is -3.50. The van der Waals surface area contributed by atoms with E-state index in [0.717, 1.165) is 27.6 Å². The van der Waals surface area contributed by atoms with Crippen LogP contribution in [0.25, 0.3) is 0 Å². The molecule has 3 aromatic rings. The number of anilines is 2. The first-order chi connectivity index (χ1) is 14.8. The predicted octanol–water partition coefficient (Wildman–Crippen LogP) is 4.57. The van der Waals surface area contributed by atoms with Crippen LogP contribution in [0.3, 0.4) is 0 Å². The first-order valence-electron chi connectivity index (χ1n) is 9.67. The molecule has 2 aromatic carbocycles. The molecule has 1 amide bonds. The summed E-state index contributed by atoms with van der Waals surface area (Å²) in [5.41, 5.74) is 2.89. The van der Waals surface area contributed by atoms with Gasteiger partial charge in [-0.2, -0.15) is 0 Å². The molecular formula is C21H24N4O3S3. The number of rotatable bonds is 9. The van der Waals surface area contributed by atoms with Crippen LogP contribution >= 0.6 is 23.1 Å². The van der Waals surface area contributed by atoms with E-state index in [0.29, 0.717) is 16.4 Å². The number of sulfonamides is 1. The van der Waals surface area contributed by atoms with Gasteiger partial charge in [-0.25, -0.2) is 8.42 Å². The number of hydrogen-bond donors (Lipinski definition) is 1. The maximum Gasteiger partial charge on any atom is 0.257 e. The topological polar surface area (TPSA) is 92.3 Å². The van der Waals surface area contributed by atoms with E-state index in [9.17, 15) is 13.2 Å². The number of carbonyl (C=O) groups is 1. The lowest BCUT2D eigenvalue weighted by molar-refractivity contribution is 0.102. The molecule has 0 atom stereocenters. The SMILES string of the molecule is CCCSc1nnc(NC(=O)c2ccc(N(Cc3ccc(C)cc3)S(C)(=O)=O)cc2)s1. The van der Waals surface area contributed by atoms with Crippen molar-refractivity contribution >= 4 is 49.8 Å². The van der Waals surface area contributed by atoms with Crippen LogP contribution in [0.5, 0.6) is 0 Å². The molecule has 1 N–H and O–H groups in total. The number of amides is 1. The van der Waals surface area contributed by atoms with Gasteiger partial charge in [0, 0.05) is 11.3 Å². The molecule has 0 spiro atoms. The smallest absolute Gasteiger partial charge is 0.257 e. The second-order valence-corrected chi connectivity index (χ2v) is 11.2. The summed E-state index contributed by atoms with van der Waals surface area (Å²) in [7, 11) is -3.50. The monoisotopic (exact) mass is 476 g/mol. The van der Waals surface area contributed by atoms with E-state index in [4.69, 9.17) is 0 Å². The lowest BCUT2D eigenvalue weighted by atomic mass is 10.1. The first-order valence-corrected chi connectivity index (χ1v) is 13.3. The van der Waals surface area contributed by atoms with Crippen molar-refractivity contribution in [3.05, 3.63) is 65.2 Å². The first kappa shape index (κ1) is 23.2. The summed E-state index contributed by atoms with van der Waals surface area (Å²) in [6.45, 7) is 4.29. The summed E-state index contributed by atoms with van der Waals surface area (Å²) in [5.74, 6) is 0.628. The number of thioether (sulfide) groups is 1. The molecule has 0 saturated carbocycles. The van der Waals surface area contributed by atoms with Gasteiger partial charge in [-0.15, -0.1) is 10.2 Å². The minimum absolute atomic E-state index is 0.216. The van der Waals surface area contributed by atoms with Crippen LogP contribution in [0.2, 0.25) is 0 Å². The fourth-order valence-electron chi connectivity index (χ4n) is 2.72. The molecule has 7 nitrogen and oxygen atoms in total. The summed E-state index contributed by atoms with van der Waals surface area (Å²) in [6.07, 6.45) is 2.21. The van der Waals surface area contributed by atoms with Crippen LogP contribution in [-0.4, -0.2) is 36.5 Å². The second kappa shape index (κ2) is 10.3. The van der Waals surface area contributed by atoms with E-state index in [2.05, 4.69) is 22.4 Å². The Morgan fingerprint density at radius 1 is 1.10 bits per heavy atom. The van der Waals surface area contributed by atoms with Gasteiger partial charge < -0.3 is 0 Å². The molecule has 0 bridgehead atoms. The van der Waals surface area contributed by atoms with Gasteiger partial charge in [0.15, 0.2) is 4.34 Å². The van der Waals surface area contributed by atoms with Crippen LogP contribution in [-0.2, 0) is 16.6 Å². The van der Waals surface area contributed by atoms with E-state index < -0.39 is 10.0 Å². The maximum atomic E-state index is 12.5. The Bertz CT molecular complexity index is 1130. The van der Waals surface area contributed by atoms with E-state index in [-0.39, 0.29) is 12.5 Å². The Labute approximate surface area is 191 Å². The molecule has 0 aliphatic carbocycles. The second-order valence-electron chi connectivity index (χ2n) is 6.98. The number of hydrogen-bond acceptors (Lipinski definition) is 7. The highest BCUT2D eigenvalue weighted by atomic mass is 32.2. The Morgan fingerprint density at radius 2 is 1.77 bits per heavy atom. The summed E-state index contributed by atoms with van der Waals surface area (Å²) < 4.78 is 26.9. The van der Waals surface area contributed by atoms with Gasteiger partial charge in [0.1, 0.15) is 0 Å². The summed E-state index contributed by atoms with van der Waals surface area (Å²) >= 11 is 2.93. The Kier molecular flexibility index (Phi) is 7.69. The predicted molar refractivity (Wildman–Crippen MR) is 128 cm³/mol. The largest absolute Gasteiger partial charge is 0.296 e. The number of aromatic nitrogens is 2. The number of nitrogens with zero attached hydrogens (tertiary/aromatic N) is 3. The molecule has 0 aliphatic rings. The molecule has 164 valence electrons. The molecule has 31 heavy (non-hydrogen) atoms. The molecule has 0 fully saturated rings. The van der Waals surface area contributed by atoms with Crippen LogP contribution < -0.4 is 9.62 Å². The standard InChI is InChI=1S/C21H24N4O3S3/c1-4-13-29-21-24-23-20(30-21)22-19(26)17-9-11-18(12-10-17)25(31(3,27)28)14-16-7-5-15(2)6-8-16/h5-12H,4,13-14H2,1-3H3,(H,22,23,26). The normalized spacial score (nSPS) is 11.3. The molecule has 0 saturated heterocycles. The van der Waals surface area contributed by atoms with E-state index in [1.54, 1.807) is 36.0 Å². The summed E-state index contributed by atoms with van der Waals surface area (Å²) in [5, 5.41) is 11.2. The van der Waals surface area contributed by atoms with Crippen LogP contribution in [0.1, 0.15) is 34.8 Å². The van der Waals surface area contributed by atoms with Gasteiger partial charge >= 0.3 is 0 Å². The molecule has 0 aliphatic heterocycles. The van der Waals surface area contributed by atoms with Crippen molar-refractivity contribution in [2.45, 2.75) is 31.2 Å². The van der Waals surface area contributed by atoms with Crippen molar-refractivity contribution in [3.8, 4) is 0 Å². The highest BCUT2D eigenvalue weighted by Crippen LogP contribution is 2.26. The van der Waals surface area contributed by atoms with Crippen molar-refractivity contribution in [1.29, 1.82) is 0 Å². The van der Waals surface area contributed by atoms with Crippen LogP contribution in [0.4, 0.5) is 10.8 Å². The van der Waals surface area contributed by atoms with Gasteiger partial charge in [0.05, 0.1) is 18.5 Å². The van der Waals surface area contributed by atoms with Crippen LogP contribution in [0.15, 0.2) is 52.9 Å². The third-order valence-electron chi connectivity index (χ3n) is 4.32. The van der Waals surface area contributed by atoms with Crippen molar-refractivity contribution in [2.75, 3.05) is 21.6 Å². The number of nitrogens with one attached hydrogen (secondary N) is 1. The highest BCUT2D eigenvalue weighted by molar-refractivity contribution is 8.01. The zero-order valence-corrected chi connectivity index (χ0v) is 20.0. The molecule has 0 radical (unpaired) electrons. The van der Waals surface area contributed by atoms with Gasteiger partial charge in [0.2, 0.25) is 15.2 Å². The quantitative estimate of drug-likeness (QED) is 0.359. The van der Waals surface area contributed by atoms with Crippen molar-refractivity contribution in [2.24, 2.45) is 0 Å². The number of aryl methyl sites for hydroxylation is 1. The van der Waals surface area contributed by atoms with Gasteiger partial charge in [-0.05, 0) is 43.2 Å². The number of carbonyl (C=O) groups excluding carboxylic acids is 1. The fourth-order valence-corrected chi connectivity index (χ4v) is 5.28.